The van der Waals surface area contributed by atoms with Crippen LogP contribution in [0.4, 0.5) is 5.69 Å². The number of rotatable bonds is 11. The maximum Gasteiger partial charge on any atom is 0.0797 e. The minimum Gasteiger partial charge on any atom is -0.396 e. The Morgan fingerprint density at radius 3 is 1.69 bits per heavy atom. The Morgan fingerprint density at radius 2 is 1.38 bits per heavy atom. The third kappa shape index (κ3) is 23.5. The van der Waals surface area contributed by atoms with Crippen molar-refractivity contribution in [1.29, 1.82) is 0 Å². The van der Waals surface area contributed by atoms with Gasteiger partial charge in [0.05, 0.1) is 11.2 Å². The van der Waals surface area contributed by atoms with Crippen molar-refractivity contribution in [2.24, 2.45) is 0 Å². The lowest BCUT2D eigenvalue weighted by Crippen LogP contribution is -2.23. The molecule has 6 heteroatoms. The maximum absolute atomic E-state index is 8.07. The second-order valence-electron chi connectivity index (χ2n) is 16.6. The molecule has 1 fully saturated rings. The van der Waals surface area contributed by atoms with E-state index < -0.39 is 0 Å². The van der Waals surface area contributed by atoms with Gasteiger partial charge in [-0.3, -0.25) is 0 Å². The summed E-state index contributed by atoms with van der Waals surface area (Å²) in [6.07, 6.45) is 10.3. The molecule has 2 aromatic carbocycles. The lowest BCUT2D eigenvalue weighted by molar-refractivity contribution is 0.287. The molecule has 1 aliphatic heterocycles. The Kier molecular flexibility index (Phi) is 31.7. The zero-order valence-electron chi connectivity index (χ0n) is 39.7. The fourth-order valence-electron chi connectivity index (χ4n) is 6.65. The van der Waals surface area contributed by atoms with Crippen LogP contribution in [0, 0.1) is 27.7 Å². The lowest BCUT2D eigenvalue weighted by Gasteiger charge is -2.19. The molecule has 0 bridgehead atoms. The number of benzene rings is 2. The third-order valence-electron chi connectivity index (χ3n) is 10.0. The first-order valence-corrected chi connectivity index (χ1v) is 22.4. The topological polar surface area (TPSA) is 42.8 Å². The molecule has 1 atom stereocenters. The van der Waals surface area contributed by atoms with E-state index in [1.807, 2.05) is 5.51 Å². The van der Waals surface area contributed by atoms with Gasteiger partial charge < -0.3 is 19.8 Å². The molecule has 318 valence electrons. The molecule has 4 rings (SSSR count). The minimum atomic E-state index is 0.344. The number of aryl methyl sites for hydroxylation is 2. The summed E-state index contributed by atoms with van der Waals surface area (Å²) in [5.74, 6) is 1.81. The Hall–Kier alpha value is -2.25. The number of unbranched alkanes of at least 4 members (excludes halogenated alkanes) is 3. The highest BCUT2D eigenvalue weighted by Gasteiger charge is 2.17. The molecule has 1 saturated heterocycles. The van der Waals surface area contributed by atoms with Crippen LogP contribution in [0.25, 0.3) is 0 Å². The lowest BCUT2D eigenvalue weighted by atomic mass is 9.92. The molecule has 1 aliphatic rings. The molecule has 3 aromatic rings. The summed E-state index contributed by atoms with van der Waals surface area (Å²) in [6.45, 7) is 33.5. The number of likely N-dealkylation sites (tertiary alicyclic amines) is 1. The molecule has 2 heterocycles. The smallest absolute Gasteiger partial charge is 0.0797 e. The van der Waals surface area contributed by atoms with Crippen LogP contribution in [-0.4, -0.2) is 74.3 Å². The third-order valence-corrected chi connectivity index (χ3v) is 10.8. The van der Waals surface area contributed by atoms with E-state index in [1.54, 1.807) is 11.3 Å². The van der Waals surface area contributed by atoms with Crippen molar-refractivity contribution >= 4 is 17.0 Å². The summed E-state index contributed by atoms with van der Waals surface area (Å²) in [6, 6.07) is 12.1. The van der Waals surface area contributed by atoms with Gasteiger partial charge in [-0.2, -0.15) is 0 Å². The largest absolute Gasteiger partial charge is 0.396 e. The number of aromatic nitrogens is 1. The average molecular weight is 783 g/mol. The SMILES string of the molecule is CCC1CCCN1C.CCCCC.CCCCO.Cc1c(C(C)C)cccc1N(C)C.Cc1cc(CN(C)C)cc(C(C)C)c1C.Cc1scnc1C(C)C. The molecular formula is C49H90N4OS. The van der Waals surface area contributed by atoms with Crippen LogP contribution in [0.15, 0.2) is 35.8 Å². The number of hydrogen-bond acceptors (Lipinski definition) is 6. The summed E-state index contributed by atoms with van der Waals surface area (Å²) < 4.78 is 0. The Morgan fingerprint density at radius 1 is 0.800 bits per heavy atom. The second kappa shape index (κ2) is 31.8. The van der Waals surface area contributed by atoms with Gasteiger partial charge in [-0.15, -0.1) is 11.3 Å². The van der Waals surface area contributed by atoms with Crippen LogP contribution >= 0.6 is 11.3 Å². The number of aliphatic hydroxyl groups is 1. The van der Waals surface area contributed by atoms with Crippen LogP contribution in [0.2, 0.25) is 0 Å². The summed E-state index contributed by atoms with van der Waals surface area (Å²) in [5, 5.41) is 8.07. The highest BCUT2D eigenvalue weighted by atomic mass is 32.1. The molecular weight excluding hydrogens is 693 g/mol. The molecule has 0 saturated carbocycles. The van der Waals surface area contributed by atoms with Crippen molar-refractivity contribution in [1.82, 2.24) is 14.8 Å². The molecule has 0 aliphatic carbocycles. The molecule has 0 amide bonds. The van der Waals surface area contributed by atoms with E-state index in [0.717, 1.165) is 25.4 Å². The van der Waals surface area contributed by atoms with Gasteiger partial charge in [0, 0.05) is 43.9 Å². The van der Waals surface area contributed by atoms with Crippen LogP contribution in [-0.2, 0) is 6.54 Å². The molecule has 1 aromatic heterocycles. The monoisotopic (exact) mass is 783 g/mol. The van der Waals surface area contributed by atoms with Crippen molar-refractivity contribution in [3.63, 3.8) is 0 Å². The van der Waals surface area contributed by atoms with Gasteiger partial charge in [0.2, 0.25) is 0 Å². The number of anilines is 1. The van der Waals surface area contributed by atoms with Crippen LogP contribution in [0.3, 0.4) is 0 Å². The molecule has 0 spiro atoms. The van der Waals surface area contributed by atoms with Crippen molar-refractivity contribution < 1.29 is 5.11 Å². The Balaban J connectivity index is 0. The highest BCUT2D eigenvalue weighted by molar-refractivity contribution is 7.09. The van der Waals surface area contributed by atoms with E-state index >= 15 is 0 Å². The van der Waals surface area contributed by atoms with E-state index in [-0.39, 0.29) is 0 Å². The van der Waals surface area contributed by atoms with E-state index in [1.165, 1.54) is 94.7 Å². The van der Waals surface area contributed by atoms with Crippen molar-refractivity contribution in [2.75, 3.05) is 53.3 Å². The van der Waals surface area contributed by atoms with E-state index in [9.17, 15) is 0 Å². The van der Waals surface area contributed by atoms with Gasteiger partial charge in [-0.05, 0) is 138 Å². The summed E-state index contributed by atoms with van der Waals surface area (Å²) in [5.41, 5.74) is 13.1. The molecule has 1 unspecified atom stereocenters. The minimum absolute atomic E-state index is 0.344. The predicted molar refractivity (Wildman–Crippen MR) is 251 cm³/mol. The van der Waals surface area contributed by atoms with Gasteiger partial charge in [-0.25, -0.2) is 4.98 Å². The van der Waals surface area contributed by atoms with Crippen molar-refractivity contribution in [2.45, 2.75) is 179 Å². The normalized spacial score (nSPS) is 13.5. The van der Waals surface area contributed by atoms with Crippen molar-refractivity contribution in [3.05, 3.63) is 79.8 Å². The van der Waals surface area contributed by atoms with Gasteiger partial charge in [0.25, 0.3) is 0 Å². The summed E-state index contributed by atoms with van der Waals surface area (Å²) in [7, 11) is 10.6. The van der Waals surface area contributed by atoms with E-state index in [2.05, 4.69) is 182 Å². The van der Waals surface area contributed by atoms with Crippen molar-refractivity contribution in [3.8, 4) is 0 Å². The quantitative estimate of drug-likeness (QED) is 0.210. The first-order chi connectivity index (χ1) is 25.8. The van der Waals surface area contributed by atoms with Gasteiger partial charge >= 0.3 is 0 Å². The number of thiazole rings is 1. The van der Waals surface area contributed by atoms with Gasteiger partial charge in [0.1, 0.15) is 0 Å². The van der Waals surface area contributed by atoms with Gasteiger partial charge in [-0.1, -0.05) is 119 Å². The fraction of sp³-hybridized carbons (Fsp3) is 0.694. The number of nitrogens with zero attached hydrogens (tertiary/aromatic N) is 4. The summed E-state index contributed by atoms with van der Waals surface area (Å²) >= 11 is 1.72. The Labute approximate surface area is 347 Å². The molecule has 0 radical (unpaired) electrons. The second-order valence-corrected chi connectivity index (χ2v) is 17.7. The van der Waals surface area contributed by atoms with E-state index in [4.69, 9.17) is 5.11 Å². The highest BCUT2D eigenvalue weighted by Crippen LogP contribution is 2.27. The summed E-state index contributed by atoms with van der Waals surface area (Å²) in [4.78, 5) is 12.4. The van der Waals surface area contributed by atoms with Crippen LogP contribution in [0.1, 0.15) is 182 Å². The molecule has 5 nitrogen and oxygen atoms in total. The first kappa shape index (κ1) is 54.8. The zero-order valence-corrected chi connectivity index (χ0v) is 40.5. The first-order valence-electron chi connectivity index (χ1n) is 21.6. The average Bonchev–Trinajstić information content (AvgIpc) is 3.75. The molecule has 55 heavy (non-hydrogen) atoms. The van der Waals surface area contributed by atoms with Crippen LogP contribution < -0.4 is 4.90 Å². The number of hydrogen-bond donors (Lipinski definition) is 1. The van der Waals surface area contributed by atoms with Crippen LogP contribution in [0.5, 0.6) is 0 Å². The fourth-order valence-corrected chi connectivity index (χ4v) is 7.38. The standard InChI is InChI=1S/C14H23N.C12H19N.C7H11NS.C7H15N.C5H12.C4H10O/c1-10(2)14-8-13(9-15(5)6)7-11(3)12(14)4;1-9(2)11-7-6-8-12(10(11)3)13(4)5;1-5(2)7-6(3)9-4-8-7;1-3-7-5-4-6-8(7)2;1-3-5-4-2;1-2-3-4-5/h7-8,10H,9H2,1-6H3;6-9H,1-5H3;4-5H,1-3H3;7H,3-6H2,1-2H3;3-5H2,1-2H3;5H,2-4H2,1H3. The Bertz CT molecular complexity index is 1320. The molecule has 1 N–H and O–H groups in total. The van der Waals surface area contributed by atoms with Gasteiger partial charge in [0.15, 0.2) is 0 Å². The van der Waals surface area contributed by atoms with E-state index in [0.29, 0.717) is 24.4 Å². The maximum atomic E-state index is 8.07. The predicted octanol–water partition coefficient (Wildman–Crippen LogP) is 13.7. The number of aliphatic hydroxyl groups excluding tert-OH is 1. The zero-order chi connectivity index (χ0) is 42.7.